The SMILES string of the molecule is CC(=O)Nc1ccc(NC(=O)CCCCC2CCSS2)cc1. The van der Waals surface area contributed by atoms with Crippen molar-refractivity contribution in [1.29, 1.82) is 0 Å². The fourth-order valence-corrected chi connectivity index (χ4v) is 5.31. The summed E-state index contributed by atoms with van der Waals surface area (Å²) in [6.07, 6.45) is 5.15. The number of hydrogen-bond donors (Lipinski definition) is 2. The number of unbranched alkanes of at least 4 members (excludes halogenated alkanes) is 1. The molecule has 1 aromatic rings. The number of anilines is 2. The molecule has 1 unspecified atom stereocenters. The lowest BCUT2D eigenvalue weighted by molar-refractivity contribution is -0.116. The van der Waals surface area contributed by atoms with Gasteiger partial charge in [-0.3, -0.25) is 9.59 Å². The van der Waals surface area contributed by atoms with Crippen molar-refractivity contribution in [3.05, 3.63) is 24.3 Å². The van der Waals surface area contributed by atoms with Gasteiger partial charge < -0.3 is 10.6 Å². The van der Waals surface area contributed by atoms with Crippen molar-refractivity contribution < 1.29 is 9.59 Å². The molecule has 0 spiro atoms. The molecule has 22 heavy (non-hydrogen) atoms. The number of amides is 2. The third-order valence-electron chi connectivity index (χ3n) is 3.40. The summed E-state index contributed by atoms with van der Waals surface area (Å²) in [5, 5.41) is 6.37. The van der Waals surface area contributed by atoms with E-state index in [4.69, 9.17) is 0 Å². The lowest BCUT2D eigenvalue weighted by Gasteiger charge is -2.08. The van der Waals surface area contributed by atoms with Gasteiger partial charge in [0.25, 0.3) is 0 Å². The highest BCUT2D eigenvalue weighted by Crippen LogP contribution is 2.39. The molecule has 1 aliphatic rings. The minimum absolute atomic E-state index is 0.0562. The van der Waals surface area contributed by atoms with E-state index in [0.29, 0.717) is 6.42 Å². The summed E-state index contributed by atoms with van der Waals surface area (Å²) >= 11 is 0. The average Bonchev–Trinajstić information content (AvgIpc) is 2.98. The highest BCUT2D eigenvalue weighted by molar-refractivity contribution is 8.77. The largest absolute Gasteiger partial charge is 0.326 e. The average molecular weight is 338 g/mol. The van der Waals surface area contributed by atoms with Crippen molar-refractivity contribution in [2.45, 2.75) is 44.3 Å². The van der Waals surface area contributed by atoms with E-state index in [1.165, 1.54) is 25.5 Å². The van der Waals surface area contributed by atoms with E-state index < -0.39 is 0 Å². The Labute approximate surface area is 139 Å². The van der Waals surface area contributed by atoms with E-state index in [0.717, 1.165) is 29.5 Å². The second-order valence-corrected chi connectivity index (χ2v) is 8.17. The van der Waals surface area contributed by atoms with Gasteiger partial charge in [0, 0.05) is 35.7 Å². The number of benzene rings is 1. The van der Waals surface area contributed by atoms with Gasteiger partial charge in [0.1, 0.15) is 0 Å². The van der Waals surface area contributed by atoms with Crippen molar-refractivity contribution in [2.24, 2.45) is 0 Å². The van der Waals surface area contributed by atoms with E-state index >= 15 is 0 Å². The summed E-state index contributed by atoms with van der Waals surface area (Å²) in [7, 11) is 3.96. The summed E-state index contributed by atoms with van der Waals surface area (Å²) in [6.45, 7) is 1.47. The predicted molar refractivity (Wildman–Crippen MR) is 96.3 cm³/mol. The Kier molecular flexibility index (Phi) is 7.12. The molecule has 1 fully saturated rings. The third-order valence-corrected chi connectivity index (χ3v) is 6.40. The zero-order valence-electron chi connectivity index (χ0n) is 12.8. The van der Waals surface area contributed by atoms with Gasteiger partial charge in [-0.2, -0.15) is 0 Å². The minimum atomic E-state index is -0.101. The van der Waals surface area contributed by atoms with E-state index in [2.05, 4.69) is 10.6 Å². The molecule has 1 saturated heterocycles. The Hall–Kier alpha value is -1.14. The lowest BCUT2D eigenvalue weighted by atomic mass is 10.1. The van der Waals surface area contributed by atoms with Crippen LogP contribution >= 0.6 is 21.6 Å². The van der Waals surface area contributed by atoms with Gasteiger partial charge in [-0.05, 0) is 43.5 Å². The van der Waals surface area contributed by atoms with Crippen molar-refractivity contribution in [3.63, 3.8) is 0 Å². The summed E-state index contributed by atoms with van der Waals surface area (Å²) in [6, 6.07) is 7.17. The standard InChI is InChI=1S/C16H22N2O2S2/c1-12(19)17-13-6-8-14(9-7-13)18-16(20)5-3-2-4-15-10-11-21-22-15/h6-9,15H,2-5,10-11H2,1H3,(H,17,19)(H,18,20). The minimum Gasteiger partial charge on any atom is -0.326 e. The molecular formula is C16H22N2O2S2. The first-order valence-electron chi connectivity index (χ1n) is 7.59. The van der Waals surface area contributed by atoms with Crippen molar-refractivity contribution in [3.8, 4) is 0 Å². The van der Waals surface area contributed by atoms with Crippen LogP contribution in [0.2, 0.25) is 0 Å². The molecule has 1 aliphatic heterocycles. The van der Waals surface area contributed by atoms with Gasteiger partial charge in [-0.1, -0.05) is 28.0 Å². The first kappa shape index (κ1) is 17.2. The number of rotatable bonds is 7. The van der Waals surface area contributed by atoms with Crippen LogP contribution in [0, 0.1) is 0 Å². The summed E-state index contributed by atoms with van der Waals surface area (Å²) in [4.78, 5) is 22.8. The predicted octanol–water partition coefficient (Wildman–Crippen LogP) is 4.30. The molecule has 2 rings (SSSR count). The van der Waals surface area contributed by atoms with Crippen LogP contribution < -0.4 is 10.6 Å². The van der Waals surface area contributed by atoms with Crippen LogP contribution in [0.25, 0.3) is 0 Å². The fraction of sp³-hybridized carbons (Fsp3) is 0.500. The van der Waals surface area contributed by atoms with E-state index in [1.807, 2.05) is 21.6 Å². The zero-order chi connectivity index (χ0) is 15.8. The molecule has 4 nitrogen and oxygen atoms in total. The topological polar surface area (TPSA) is 58.2 Å². The van der Waals surface area contributed by atoms with Crippen LogP contribution in [-0.2, 0) is 9.59 Å². The van der Waals surface area contributed by atoms with Gasteiger partial charge in [0.05, 0.1) is 0 Å². The van der Waals surface area contributed by atoms with Crippen molar-refractivity contribution >= 4 is 44.8 Å². The normalized spacial score (nSPS) is 17.2. The Bertz CT molecular complexity index is 499. The van der Waals surface area contributed by atoms with Crippen molar-refractivity contribution in [2.75, 3.05) is 16.4 Å². The molecule has 1 aromatic carbocycles. The first-order valence-corrected chi connectivity index (χ1v) is 9.97. The lowest BCUT2D eigenvalue weighted by Crippen LogP contribution is -2.11. The van der Waals surface area contributed by atoms with Crippen LogP contribution in [0.4, 0.5) is 11.4 Å². The van der Waals surface area contributed by atoms with Gasteiger partial charge in [0.15, 0.2) is 0 Å². The smallest absolute Gasteiger partial charge is 0.224 e. The summed E-state index contributed by atoms with van der Waals surface area (Å²) < 4.78 is 0. The van der Waals surface area contributed by atoms with Gasteiger partial charge in [0.2, 0.25) is 11.8 Å². The van der Waals surface area contributed by atoms with E-state index in [9.17, 15) is 9.59 Å². The molecule has 1 atom stereocenters. The van der Waals surface area contributed by atoms with Crippen molar-refractivity contribution in [1.82, 2.24) is 0 Å². The molecule has 1 heterocycles. The van der Waals surface area contributed by atoms with Crippen LogP contribution in [0.1, 0.15) is 39.0 Å². The maximum absolute atomic E-state index is 11.9. The summed E-state index contributed by atoms with van der Waals surface area (Å²) in [5.74, 6) is 1.22. The monoisotopic (exact) mass is 338 g/mol. The second-order valence-electron chi connectivity index (χ2n) is 5.38. The fourth-order valence-electron chi connectivity index (χ4n) is 2.29. The number of carbonyl (C=O) groups excluding carboxylic acids is 2. The second kappa shape index (κ2) is 9.10. The van der Waals surface area contributed by atoms with Crippen LogP contribution in [0.5, 0.6) is 0 Å². The van der Waals surface area contributed by atoms with Gasteiger partial charge in [-0.15, -0.1) is 0 Å². The Balaban J connectivity index is 1.64. The number of hydrogen-bond acceptors (Lipinski definition) is 4. The molecule has 120 valence electrons. The third kappa shape index (κ3) is 6.32. The Morgan fingerprint density at radius 2 is 1.82 bits per heavy atom. The maximum Gasteiger partial charge on any atom is 0.224 e. The molecule has 0 radical (unpaired) electrons. The zero-order valence-corrected chi connectivity index (χ0v) is 14.4. The van der Waals surface area contributed by atoms with Crippen LogP contribution in [0.15, 0.2) is 24.3 Å². The van der Waals surface area contributed by atoms with Crippen LogP contribution in [0.3, 0.4) is 0 Å². The molecule has 2 N–H and O–H groups in total. The summed E-state index contributed by atoms with van der Waals surface area (Å²) in [5.41, 5.74) is 1.50. The maximum atomic E-state index is 11.9. The Morgan fingerprint density at radius 3 is 2.41 bits per heavy atom. The van der Waals surface area contributed by atoms with E-state index in [-0.39, 0.29) is 11.8 Å². The molecule has 6 heteroatoms. The highest BCUT2D eigenvalue weighted by atomic mass is 33.1. The first-order chi connectivity index (χ1) is 10.6. The number of nitrogens with one attached hydrogen (secondary N) is 2. The molecular weight excluding hydrogens is 316 g/mol. The molecule has 0 aliphatic carbocycles. The highest BCUT2D eigenvalue weighted by Gasteiger charge is 2.15. The molecule has 0 saturated carbocycles. The quantitative estimate of drug-likeness (QED) is 0.575. The van der Waals surface area contributed by atoms with Crippen LogP contribution in [-0.4, -0.2) is 22.8 Å². The molecule has 0 aromatic heterocycles. The van der Waals surface area contributed by atoms with Gasteiger partial charge in [-0.25, -0.2) is 0 Å². The Morgan fingerprint density at radius 1 is 1.14 bits per heavy atom. The van der Waals surface area contributed by atoms with Gasteiger partial charge >= 0.3 is 0 Å². The van der Waals surface area contributed by atoms with E-state index in [1.54, 1.807) is 24.3 Å². The number of carbonyl (C=O) groups is 2. The molecule has 2 amide bonds. The molecule has 0 bridgehead atoms.